The molecule has 2 rings (SSSR count). The van der Waals surface area contributed by atoms with E-state index in [9.17, 15) is 4.79 Å². The highest BCUT2D eigenvalue weighted by Crippen LogP contribution is 2.15. The van der Waals surface area contributed by atoms with E-state index in [1.54, 1.807) is 0 Å². The molecule has 2 nitrogen and oxygen atoms in total. The fourth-order valence-corrected chi connectivity index (χ4v) is 2.92. The van der Waals surface area contributed by atoms with Crippen LogP contribution in [0.2, 0.25) is 0 Å². The average Bonchev–Trinajstić information content (AvgIpc) is 2.71. The van der Waals surface area contributed by atoms with Crippen LogP contribution in [0.3, 0.4) is 0 Å². The van der Waals surface area contributed by atoms with Crippen molar-refractivity contribution in [2.24, 2.45) is 0 Å². The van der Waals surface area contributed by atoms with Gasteiger partial charge in [0.1, 0.15) is 0 Å². The Morgan fingerprint density at radius 3 is 2.77 bits per heavy atom. The van der Waals surface area contributed by atoms with Gasteiger partial charge >= 0.3 is 0 Å². The van der Waals surface area contributed by atoms with Crippen LogP contribution in [0, 0.1) is 0 Å². The van der Waals surface area contributed by atoms with Gasteiger partial charge in [0.2, 0.25) is 0 Å². The van der Waals surface area contributed by atoms with Crippen molar-refractivity contribution < 1.29 is 4.79 Å². The molecule has 0 aliphatic carbocycles. The molecule has 4 heteroatoms. The molecule has 0 aromatic carbocycles. The summed E-state index contributed by atoms with van der Waals surface area (Å²) < 4.78 is 0. The molecule has 70 valence electrons. The molecule has 0 saturated carbocycles. The molecular formula is C9H11NOS2. The van der Waals surface area contributed by atoms with E-state index in [0.717, 1.165) is 29.5 Å². The summed E-state index contributed by atoms with van der Waals surface area (Å²) in [6.07, 6.45) is 0. The van der Waals surface area contributed by atoms with E-state index < -0.39 is 0 Å². The first-order chi connectivity index (χ1) is 6.38. The van der Waals surface area contributed by atoms with Crippen molar-refractivity contribution in [1.29, 1.82) is 0 Å². The number of thioether (sulfide) groups is 1. The summed E-state index contributed by atoms with van der Waals surface area (Å²) in [7, 11) is 0. The van der Waals surface area contributed by atoms with Crippen molar-refractivity contribution in [1.82, 2.24) is 4.90 Å². The van der Waals surface area contributed by atoms with Gasteiger partial charge in [-0.05, 0) is 11.4 Å². The summed E-state index contributed by atoms with van der Waals surface area (Å²) in [6, 6.07) is 3.82. The molecule has 0 bridgehead atoms. The second-order valence-corrected chi connectivity index (χ2v) is 5.05. The minimum Gasteiger partial charge on any atom is -0.336 e. The topological polar surface area (TPSA) is 20.3 Å². The van der Waals surface area contributed by atoms with Crippen LogP contribution in [0.15, 0.2) is 17.5 Å². The molecule has 13 heavy (non-hydrogen) atoms. The fourth-order valence-electron chi connectivity index (χ4n) is 1.32. The molecule has 1 fully saturated rings. The average molecular weight is 213 g/mol. The molecule has 0 N–H and O–H groups in total. The van der Waals surface area contributed by atoms with Gasteiger partial charge in [-0.1, -0.05) is 6.07 Å². The third-order valence-corrected chi connectivity index (χ3v) is 3.83. The molecule has 2 heterocycles. The molecule has 1 aromatic rings. The highest BCUT2D eigenvalue weighted by Gasteiger charge is 2.18. The lowest BCUT2D eigenvalue weighted by Crippen LogP contribution is -2.37. The molecule has 1 aliphatic heterocycles. The van der Waals surface area contributed by atoms with Crippen molar-refractivity contribution in [3.05, 3.63) is 22.4 Å². The second kappa shape index (κ2) is 4.15. The lowest BCUT2D eigenvalue weighted by molar-refractivity contribution is 0.0777. The molecule has 1 aliphatic rings. The zero-order valence-corrected chi connectivity index (χ0v) is 8.87. The highest BCUT2D eigenvalue weighted by molar-refractivity contribution is 7.99. The number of carbonyl (C=O) groups excluding carboxylic acids is 1. The lowest BCUT2D eigenvalue weighted by Gasteiger charge is -2.25. The van der Waals surface area contributed by atoms with Crippen molar-refractivity contribution in [3.63, 3.8) is 0 Å². The first-order valence-electron chi connectivity index (χ1n) is 4.28. The maximum atomic E-state index is 11.8. The van der Waals surface area contributed by atoms with Crippen LogP contribution in [-0.4, -0.2) is 35.4 Å². The van der Waals surface area contributed by atoms with E-state index in [0.29, 0.717) is 0 Å². The van der Waals surface area contributed by atoms with Gasteiger partial charge in [0.05, 0.1) is 4.88 Å². The van der Waals surface area contributed by atoms with E-state index in [4.69, 9.17) is 0 Å². The first-order valence-corrected chi connectivity index (χ1v) is 6.32. The maximum Gasteiger partial charge on any atom is 0.263 e. The first kappa shape index (κ1) is 9.09. The Balaban J connectivity index is 2.04. The smallest absolute Gasteiger partial charge is 0.263 e. The normalized spacial score (nSPS) is 17.4. The number of thiophene rings is 1. The van der Waals surface area contributed by atoms with Crippen molar-refractivity contribution in [3.8, 4) is 0 Å². The van der Waals surface area contributed by atoms with Gasteiger partial charge in [0.15, 0.2) is 0 Å². The summed E-state index contributed by atoms with van der Waals surface area (Å²) >= 11 is 3.45. The number of amides is 1. The van der Waals surface area contributed by atoms with E-state index in [1.165, 1.54) is 11.3 Å². The van der Waals surface area contributed by atoms with E-state index >= 15 is 0 Å². The Labute approximate surface area is 85.9 Å². The van der Waals surface area contributed by atoms with Crippen molar-refractivity contribution in [2.75, 3.05) is 24.6 Å². The molecule has 0 radical (unpaired) electrons. The molecule has 0 atom stereocenters. The number of hydrogen-bond donors (Lipinski definition) is 0. The van der Waals surface area contributed by atoms with Crippen LogP contribution in [-0.2, 0) is 0 Å². The summed E-state index contributed by atoms with van der Waals surface area (Å²) in [5, 5.41) is 1.95. The summed E-state index contributed by atoms with van der Waals surface area (Å²) in [5.41, 5.74) is 0. The van der Waals surface area contributed by atoms with Crippen LogP contribution >= 0.6 is 23.1 Å². The summed E-state index contributed by atoms with van der Waals surface area (Å²) in [5.74, 6) is 2.36. The van der Waals surface area contributed by atoms with Crippen molar-refractivity contribution in [2.45, 2.75) is 0 Å². The molecule has 1 amide bonds. The largest absolute Gasteiger partial charge is 0.336 e. The summed E-state index contributed by atoms with van der Waals surface area (Å²) in [4.78, 5) is 14.6. The van der Waals surface area contributed by atoms with E-state index in [2.05, 4.69) is 0 Å². The molecule has 0 spiro atoms. The number of carbonyl (C=O) groups is 1. The van der Waals surface area contributed by atoms with Gasteiger partial charge < -0.3 is 4.90 Å². The molecule has 1 aromatic heterocycles. The van der Waals surface area contributed by atoms with Crippen LogP contribution in [0.25, 0.3) is 0 Å². The maximum absolute atomic E-state index is 11.8. The SMILES string of the molecule is O=C(c1cccs1)N1CCSCC1. The Morgan fingerprint density at radius 1 is 1.38 bits per heavy atom. The van der Waals surface area contributed by atoms with Crippen molar-refractivity contribution >= 4 is 29.0 Å². The number of hydrogen-bond acceptors (Lipinski definition) is 3. The van der Waals surface area contributed by atoms with Crippen LogP contribution < -0.4 is 0 Å². The molecule has 1 saturated heterocycles. The van der Waals surface area contributed by atoms with Gasteiger partial charge in [-0.15, -0.1) is 11.3 Å². The predicted octanol–water partition coefficient (Wildman–Crippen LogP) is 1.94. The van der Waals surface area contributed by atoms with Gasteiger partial charge in [-0.3, -0.25) is 4.79 Å². The van der Waals surface area contributed by atoms with Gasteiger partial charge in [-0.2, -0.15) is 11.8 Å². The Kier molecular flexibility index (Phi) is 2.90. The van der Waals surface area contributed by atoms with E-state index in [-0.39, 0.29) is 5.91 Å². The third-order valence-electron chi connectivity index (χ3n) is 2.03. The van der Waals surface area contributed by atoms with Crippen LogP contribution in [0.4, 0.5) is 0 Å². The second-order valence-electron chi connectivity index (χ2n) is 2.88. The van der Waals surface area contributed by atoms with E-state index in [1.807, 2.05) is 34.2 Å². The Bertz CT molecular complexity index is 278. The number of nitrogens with zero attached hydrogens (tertiary/aromatic N) is 1. The fraction of sp³-hybridized carbons (Fsp3) is 0.444. The predicted molar refractivity (Wildman–Crippen MR) is 57.5 cm³/mol. The van der Waals surface area contributed by atoms with Gasteiger partial charge in [0.25, 0.3) is 5.91 Å². The summed E-state index contributed by atoms with van der Waals surface area (Å²) in [6.45, 7) is 1.81. The zero-order valence-electron chi connectivity index (χ0n) is 7.23. The minimum absolute atomic E-state index is 0.204. The Morgan fingerprint density at radius 2 is 2.15 bits per heavy atom. The zero-order chi connectivity index (χ0) is 9.10. The lowest BCUT2D eigenvalue weighted by atomic mass is 10.4. The monoisotopic (exact) mass is 213 g/mol. The minimum atomic E-state index is 0.204. The van der Waals surface area contributed by atoms with Gasteiger partial charge in [-0.25, -0.2) is 0 Å². The standard InChI is InChI=1S/C9H11NOS2/c11-9(8-2-1-5-13-8)10-3-6-12-7-4-10/h1-2,5H,3-4,6-7H2. The Hall–Kier alpha value is -0.480. The van der Waals surface area contributed by atoms with Crippen LogP contribution in [0.1, 0.15) is 9.67 Å². The number of rotatable bonds is 1. The third kappa shape index (κ3) is 2.06. The molecule has 0 unspecified atom stereocenters. The highest BCUT2D eigenvalue weighted by atomic mass is 32.2. The van der Waals surface area contributed by atoms with Crippen LogP contribution in [0.5, 0.6) is 0 Å². The van der Waals surface area contributed by atoms with Gasteiger partial charge in [0, 0.05) is 24.6 Å². The molecular weight excluding hydrogens is 202 g/mol. The quantitative estimate of drug-likeness (QED) is 0.710.